The zero-order valence-electron chi connectivity index (χ0n) is 15.6. The highest BCUT2D eigenvalue weighted by atomic mass is 32.2. The summed E-state index contributed by atoms with van der Waals surface area (Å²) >= 11 is 0. The second-order valence-corrected chi connectivity index (χ2v) is 9.74. The predicted molar refractivity (Wildman–Crippen MR) is 103 cm³/mol. The Labute approximate surface area is 157 Å². The van der Waals surface area contributed by atoms with Crippen LogP contribution in [-0.2, 0) is 14.8 Å². The molecule has 5 nitrogen and oxygen atoms in total. The highest BCUT2D eigenvalue weighted by molar-refractivity contribution is 7.89. The van der Waals surface area contributed by atoms with Gasteiger partial charge in [-0.3, -0.25) is 4.79 Å². The number of anilines is 1. The minimum absolute atomic E-state index is 0.0202. The molecule has 1 N–H and O–H groups in total. The van der Waals surface area contributed by atoms with Crippen molar-refractivity contribution in [2.24, 2.45) is 5.92 Å². The smallest absolute Gasteiger partial charge is 0.243 e. The van der Waals surface area contributed by atoms with Gasteiger partial charge in [0, 0.05) is 25.2 Å². The third-order valence-electron chi connectivity index (χ3n) is 5.85. The lowest BCUT2D eigenvalue weighted by molar-refractivity contribution is -0.117. The van der Waals surface area contributed by atoms with E-state index in [1.165, 1.54) is 23.6 Å². The van der Waals surface area contributed by atoms with E-state index in [4.69, 9.17) is 0 Å². The molecule has 0 aromatic heterocycles. The van der Waals surface area contributed by atoms with Crippen LogP contribution in [0.2, 0.25) is 0 Å². The van der Waals surface area contributed by atoms with Crippen molar-refractivity contribution >= 4 is 21.6 Å². The van der Waals surface area contributed by atoms with Gasteiger partial charge in [-0.05, 0) is 55.9 Å². The van der Waals surface area contributed by atoms with Crippen LogP contribution < -0.4 is 5.32 Å². The summed E-state index contributed by atoms with van der Waals surface area (Å²) in [5.41, 5.74) is 0.660. The molecule has 0 bridgehead atoms. The first-order chi connectivity index (χ1) is 12.5. The van der Waals surface area contributed by atoms with Crippen molar-refractivity contribution in [3.63, 3.8) is 0 Å². The van der Waals surface area contributed by atoms with E-state index in [0.29, 0.717) is 22.9 Å². The van der Waals surface area contributed by atoms with Crippen molar-refractivity contribution in [2.45, 2.75) is 75.1 Å². The van der Waals surface area contributed by atoms with Crippen LogP contribution in [0.3, 0.4) is 0 Å². The number of hydrogen-bond donors (Lipinski definition) is 1. The van der Waals surface area contributed by atoms with Crippen molar-refractivity contribution in [1.82, 2.24) is 4.31 Å². The van der Waals surface area contributed by atoms with Gasteiger partial charge in [-0.25, -0.2) is 8.42 Å². The van der Waals surface area contributed by atoms with E-state index in [9.17, 15) is 13.2 Å². The Morgan fingerprint density at radius 1 is 1.00 bits per heavy atom. The molecule has 3 rings (SSSR count). The van der Waals surface area contributed by atoms with Crippen LogP contribution >= 0.6 is 0 Å². The highest BCUT2D eigenvalue weighted by Gasteiger charge is 2.29. The van der Waals surface area contributed by atoms with Gasteiger partial charge in [0.25, 0.3) is 0 Å². The third kappa shape index (κ3) is 4.65. The van der Waals surface area contributed by atoms with E-state index in [1.807, 2.05) is 0 Å². The summed E-state index contributed by atoms with van der Waals surface area (Å²) in [5, 5.41) is 2.89. The summed E-state index contributed by atoms with van der Waals surface area (Å²) in [6.07, 6.45) is 10.5. The summed E-state index contributed by atoms with van der Waals surface area (Å²) in [4.78, 5) is 12.4. The number of rotatable bonds is 6. The van der Waals surface area contributed by atoms with Gasteiger partial charge < -0.3 is 5.32 Å². The number of amides is 1. The fraction of sp³-hybridized carbons (Fsp3) is 0.650. The van der Waals surface area contributed by atoms with Crippen LogP contribution in [0.15, 0.2) is 29.2 Å². The first kappa shape index (κ1) is 19.4. The van der Waals surface area contributed by atoms with Crippen LogP contribution in [0.1, 0.15) is 64.2 Å². The van der Waals surface area contributed by atoms with Gasteiger partial charge in [0.15, 0.2) is 0 Å². The Morgan fingerprint density at radius 3 is 2.19 bits per heavy atom. The number of carbonyl (C=O) groups excluding carboxylic acids is 1. The maximum atomic E-state index is 12.8. The molecule has 0 saturated heterocycles. The predicted octanol–water partition coefficient (Wildman–Crippen LogP) is 4.16. The Morgan fingerprint density at radius 2 is 1.58 bits per heavy atom. The van der Waals surface area contributed by atoms with Gasteiger partial charge >= 0.3 is 0 Å². The number of nitrogens with one attached hydrogen (secondary N) is 1. The largest absolute Gasteiger partial charge is 0.326 e. The Bertz CT molecular complexity index is 703. The maximum Gasteiger partial charge on any atom is 0.243 e. The molecule has 6 heteroatoms. The molecule has 0 unspecified atom stereocenters. The first-order valence-electron chi connectivity index (χ1n) is 9.85. The van der Waals surface area contributed by atoms with Gasteiger partial charge in [0.2, 0.25) is 15.9 Å². The molecule has 2 aliphatic carbocycles. The second-order valence-electron chi connectivity index (χ2n) is 7.74. The molecule has 26 heavy (non-hydrogen) atoms. The normalized spacial score (nSPS) is 19.8. The van der Waals surface area contributed by atoms with Crippen molar-refractivity contribution in [3.8, 4) is 0 Å². The molecule has 0 atom stereocenters. The summed E-state index contributed by atoms with van der Waals surface area (Å²) in [5.74, 6) is 0.519. The molecule has 2 fully saturated rings. The number of nitrogens with zero attached hydrogens (tertiary/aromatic N) is 1. The average Bonchev–Trinajstić information content (AvgIpc) is 3.15. The second kappa shape index (κ2) is 8.53. The van der Waals surface area contributed by atoms with Gasteiger partial charge in [-0.1, -0.05) is 32.1 Å². The van der Waals surface area contributed by atoms with Crippen LogP contribution in [0.5, 0.6) is 0 Å². The minimum Gasteiger partial charge on any atom is -0.326 e. The maximum absolute atomic E-state index is 12.8. The fourth-order valence-electron chi connectivity index (χ4n) is 4.21. The molecule has 1 amide bonds. The van der Waals surface area contributed by atoms with Crippen LogP contribution in [0.4, 0.5) is 5.69 Å². The highest BCUT2D eigenvalue weighted by Crippen LogP contribution is 2.29. The van der Waals surface area contributed by atoms with Gasteiger partial charge in [-0.15, -0.1) is 0 Å². The minimum atomic E-state index is -3.48. The lowest BCUT2D eigenvalue weighted by Gasteiger charge is -2.30. The van der Waals surface area contributed by atoms with Crippen molar-refractivity contribution in [1.29, 1.82) is 0 Å². The molecule has 2 aliphatic rings. The van der Waals surface area contributed by atoms with E-state index in [0.717, 1.165) is 38.5 Å². The Hall–Kier alpha value is -1.40. The molecule has 1 aromatic rings. The monoisotopic (exact) mass is 378 g/mol. The number of hydrogen-bond acceptors (Lipinski definition) is 3. The molecule has 2 saturated carbocycles. The molecule has 0 aliphatic heterocycles. The lowest BCUT2D eigenvalue weighted by Crippen LogP contribution is -2.38. The standard InChI is InChI=1S/C20H30N2O3S/c1-22(18-9-3-2-4-10-18)26(24,25)19-13-11-17(12-14-19)21-20(23)15-16-7-5-6-8-16/h11-14,16,18H,2-10,15H2,1H3,(H,21,23). The van der Waals surface area contributed by atoms with Crippen molar-refractivity contribution in [2.75, 3.05) is 12.4 Å². The summed E-state index contributed by atoms with van der Waals surface area (Å²) in [6.45, 7) is 0. The Balaban J connectivity index is 1.61. The van der Waals surface area contributed by atoms with Crippen molar-refractivity contribution < 1.29 is 13.2 Å². The van der Waals surface area contributed by atoms with Crippen molar-refractivity contribution in [3.05, 3.63) is 24.3 Å². The quantitative estimate of drug-likeness (QED) is 0.808. The summed E-state index contributed by atoms with van der Waals surface area (Å²) in [6, 6.07) is 6.67. The summed E-state index contributed by atoms with van der Waals surface area (Å²) < 4.78 is 27.2. The lowest BCUT2D eigenvalue weighted by atomic mass is 9.96. The molecular formula is C20H30N2O3S. The first-order valence-corrected chi connectivity index (χ1v) is 11.3. The zero-order chi connectivity index (χ0) is 18.6. The number of carbonyl (C=O) groups is 1. The van der Waals surface area contributed by atoms with E-state index in [-0.39, 0.29) is 11.9 Å². The molecular weight excluding hydrogens is 348 g/mol. The molecule has 144 valence electrons. The van der Waals surface area contributed by atoms with Crippen LogP contribution in [-0.4, -0.2) is 31.7 Å². The van der Waals surface area contributed by atoms with Gasteiger partial charge in [-0.2, -0.15) is 4.31 Å². The average molecular weight is 379 g/mol. The topological polar surface area (TPSA) is 66.5 Å². The van der Waals surface area contributed by atoms with E-state index in [1.54, 1.807) is 31.3 Å². The van der Waals surface area contributed by atoms with Gasteiger partial charge in [0.1, 0.15) is 0 Å². The van der Waals surface area contributed by atoms with E-state index < -0.39 is 10.0 Å². The zero-order valence-corrected chi connectivity index (χ0v) is 16.4. The van der Waals surface area contributed by atoms with Crippen LogP contribution in [0, 0.1) is 5.92 Å². The number of benzene rings is 1. The fourth-order valence-corrected chi connectivity index (χ4v) is 5.62. The molecule has 1 aromatic carbocycles. The SMILES string of the molecule is CN(C1CCCCC1)S(=O)(=O)c1ccc(NC(=O)CC2CCCC2)cc1. The number of sulfonamides is 1. The van der Waals surface area contributed by atoms with Gasteiger partial charge in [0.05, 0.1) is 4.90 Å². The third-order valence-corrected chi connectivity index (χ3v) is 7.78. The Kier molecular flexibility index (Phi) is 6.35. The molecule has 0 radical (unpaired) electrons. The van der Waals surface area contributed by atoms with E-state index >= 15 is 0 Å². The molecule has 0 heterocycles. The molecule has 0 spiro atoms. The van der Waals surface area contributed by atoms with Crippen LogP contribution in [0.25, 0.3) is 0 Å². The van der Waals surface area contributed by atoms with E-state index in [2.05, 4.69) is 5.32 Å². The summed E-state index contributed by atoms with van der Waals surface area (Å²) in [7, 11) is -1.80.